The van der Waals surface area contributed by atoms with Crippen LogP contribution in [0.1, 0.15) is 11.1 Å². The number of aryl methyl sites for hydroxylation is 1. The average Bonchev–Trinajstić information content (AvgIpc) is 2.31. The van der Waals surface area contributed by atoms with Gasteiger partial charge in [0.2, 0.25) is 0 Å². The van der Waals surface area contributed by atoms with Crippen LogP contribution in [0.4, 0.5) is 10.1 Å². The predicted molar refractivity (Wildman–Crippen MR) is 71.3 cm³/mol. The minimum atomic E-state index is -0.377. The van der Waals surface area contributed by atoms with Crippen molar-refractivity contribution in [1.82, 2.24) is 0 Å². The van der Waals surface area contributed by atoms with Gasteiger partial charge in [-0.1, -0.05) is 23.7 Å². The van der Waals surface area contributed by atoms with Crippen LogP contribution in [-0.2, 0) is 6.61 Å². The molecule has 0 atom stereocenters. The van der Waals surface area contributed by atoms with E-state index in [1.165, 1.54) is 6.07 Å². The second kappa shape index (κ2) is 5.27. The summed E-state index contributed by atoms with van der Waals surface area (Å²) in [7, 11) is 0. The maximum atomic E-state index is 13.5. The topological polar surface area (TPSA) is 35.2 Å². The Kier molecular flexibility index (Phi) is 3.72. The van der Waals surface area contributed by atoms with Gasteiger partial charge in [0.25, 0.3) is 0 Å². The van der Waals surface area contributed by atoms with Crippen LogP contribution in [0.25, 0.3) is 0 Å². The van der Waals surface area contributed by atoms with Gasteiger partial charge in [-0.3, -0.25) is 0 Å². The van der Waals surface area contributed by atoms with Gasteiger partial charge >= 0.3 is 0 Å². The lowest BCUT2D eigenvalue weighted by molar-refractivity contribution is 0.301. The normalized spacial score (nSPS) is 10.4. The van der Waals surface area contributed by atoms with Gasteiger partial charge in [0, 0.05) is 11.3 Å². The Bertz CT molecular complexity index is 551. The highest BCUT2D eigenvalue weighted by atomic mass is 35.5. The van der Waals surface area contributed by atoms with Crippen molar-refractivity contribution in [3.63, 3.8) is 0 Å². The number of benzene rings is 2. The van der Waals surface area contributed by atoms with Crippen molar-refractivity contribution in [3.8, 4) is 5.75 Å². The first-order chi connectivity index (χ1) is 8.58. The van der Waals surface area contributed by atoms with Crippen molar-refractivity contribution >= 4 is 17.3 Å². The Balaban J connectivity index is 2.16. The number of halogens is 2. The molecule has 18 heavy (non-hydrogen) atoms. The Morgan fingerprint density at radius 2 is 2.06 bits per heavy atom. The molecule has 0 fully saturated rings. The minimum Gasteiger partial charge on any atom is -0.487 e. The number of hydrogen-bond donors (Lipinski definition) is 1. The fourth-order valence-corrected chi connectivity index (χ4v) is 1.89. The van der Waals surface area contributed by atoms with E-state index in [1.807, 2.05) is 13.0 Å². The van der Waals surface area contributed by atoms with Crippen LogP contribution >= 0.6 is 11.6 Å². The smallest absolute Gasteiger partial charge is 0.138 e. The summed E-state index contributed by atoms with van der Waals surface area (Å²) in [6.45, 7) is 1.99. The number of nitrogen functional groups attached to an aromatic ring is 1. The fourth-order valence-electron chi connectivity index (χ4n) is 1.60. The van der Waals surface area contributed by atoms with Crippen molar-refractivity contribution in [3.05, 3.63) is 58.4 Å². The summed E-state index contributed by atoms with van der Waals surface area (Å²) in [4.78, 5) is 0. The summed E-state index contributed by atoms with van der Waals surface area (Å²) in [6.07, 6.45) is 0. The van der Waals surface area contributed by atoms with Crippen LogP contribution in [-0.4, -0.2) is 0 Å². The third kappa shape index (κ3) is 2.74. The monoisotopic (exact) mass is 265 g/mol. The van der Waals surface area contributed by atoms with Crippen LogP contribution in [0.5, 0.6) is 5.75 Å². The molecule has 0 amide bonds. The maximum absolute atomic E-state index is 13.5. The first kappa shape index (κ1) is 12.7. The SMILES string of the molecule is Cc1ccc(OCc2c(N)cccc2F)c(Cl)c1. The zero-order chi connectivity index (χ0) is 13.1. The molecule has 0 aliphatic carbocycles. The summed E-state index contributed by atoms with van der Waals surface area (Å²) < 4.78 is 19.0. The molecule has 0 aliphatic rings. The molecule has 0 heterocycles. The first-order valence-corrected chi connectivity index (χ1v) is 5.87. The fraction of sp³-hybridized carbons (Fsp3) is 0.143. The van der Waals surface area contributed by atoms with E-state index < -0.39 is 0 Å². The highest BCUT2D eigenvalue weighted by Gasteiger charge is 2.08. The molecule has 0 saturated heterocycles. The van der Waals surface area contributed by atoms with Gasteiger partial charge < -0.3 is 10.5 Å². The van der Waals surface area contributed by atoms with Crippen LogP contribution in [0.3, 0.4) is 0 Å². The van der Waals surface area contributed by atoms with Crippen molar-refractivity contribution in [1.29, 1.82) is 0 Å². The molecule has 0 bridgehead atoms. The molecule has 2 aromatic carbocycles. The van der Waals surface area contributed by atoms with Crippen LogP contribution in [0, 0.1) is 12.7 Å². The molecule has 0 aromatic heterocycles. The average molecular weight is 266 g/mol. The predicted octanol–water partition coefficient (Wildman–Crippen LogP) is 3.95. The summed E-state index contributed by atoms with van der Waals surface area (Å²) >= 11 is 6.03. The molecule has 0 saturated carbocycles. The zero-order valence-corrected chi connectivity index (χ0v) is 10.7. The number of nitrogens with two attached hydrogens (primary N) is 1. The number of ether oxygens (including phenoxy) is 1. The number of anilines is 1. The number of hydrogen-bond acceptors (Lipinski definition) is 2. The molecular formula is C14H13ClFNO. The van der Waals surface area contributed by atoms with E-state index in [1.54, 1.807) is 24.3 Å². The van der Waals surface area contributed by atoms with E-state index in [4.69, 9.17) is 22.1 Å². The molecule has 94 valence electrons. The highest BCUT2D eigenvalue weighted by Crippen LogP contribution is 2.27. The lowest BCUT2D eigenvalue weighted by Gasteiger charge is -2.11. The van der Waals surface area contributed by atoms with Crippen molar-refractivity contribution in [2.75, 3.05) is 5.73 Å². The van der Waals surface area contributed by atoms with Gasteiger partial charge in [0.1, 0.15) is 18.2 Å². The first-order valence-electron chi connectivity index (χ1n) is 5.50. The Hall–Kier alpha value is -1.74. The Labute approximate surface area is 110 Å². The van der Waals surface area contributed by atoms with Crippen LogP contribution < -0.4 is 10.5 Å². The van der Waals surface area contributed by atoms with Crippen molar-refractivity contribution in [2.24, 2.45) is 0 Å². The Morgan fingerprint density at radius 1 is 1.28 bits per heavy atom. The molecule has 0 radical (unpaired) electrons. The molecule has 0 spiro atoms. The summed E-state index contributed by atoms with van der Waals surface area (Å²) in [5.74, 6) is 0.142. The van der Waals surface area contributed by atoms with E-state index in [0.717, 1.165) is 5.56 Å². The van der Waals surface area contributed by atoms with Gasteiger partial charge in [-0.25, -0.2) is 4.39 Å². The third-order valence-corrected chi connectivity index (χ3v) is 2.91. The molecule has 4 heteroatoms. The van der Waals surface area contributed by atoms with Gasteiger partial charge in [0.15, 0.2) is 0 Å². The van der Waals surface area contributed by atoms with E-state index in [9.17, 15) is 4.39 Å². The van der Waals surface area contributed by atoms with Gasteiger partial charge in [-0.2, -0.15) is 0 Å². The molecule has 0 aliphatic heterocycles. The third-order valence-electron chi connectivity index (χ3n) is 2.61. The van der Waals surface area contributed by atoms with E-state index >= 15 is 0 Å². The van der Waals surface area contributed by atoms with E-state index in [0.29, 0.717) is 22.0 Å². The molecule has 2 nitrogen and oxygen atoms in total. The molecular weight excluding hydrogens is 253 g/mol. The zero-order valence-electron chi connectivity index (χ0n) is 9.91. The molecule has 0 unspecified atom stereocenters. The van der Waals surface area contributed by atoms with Crippen LogP contribution in [0.15, 0.2) is 36.4 Å². The van der Waals surface area contributed by atoms with E-state index in [2.05, 4.69) is 0 Å². The number of rotatable bonds is 3. The van der Waals surface area contributed by atoms with Crippen molar-refractivity contribution < 1.29 is 9.13 Å². The maximum Gasteiger partial charge on any atom is 0.138 e. The van der Waals surface area contributed by atoms with Gasteiger partial charge in [-0.05, 0) is 36.8 Å². The molecule has 2 rings (SSSR count). The summed E-state index contributed by atoms with van der Waals surface area (Å²) in [5.41, 5.74) is 7.45. The van der Waals surface area contributed by atoms with Gasteiger partial charge in [-0.15, -0.1) is 0 Å². The second-order valence-electron chi connectivity index (χ2n) is 4.03. The molecule has 2 aromatic rings. The Morgan fingerprint density at radius 3 is 2.72 bits per heavy atom. The highest BCUT2D eigenvalue weighted by molar-refractivity contribution is 6.32. The summed E-state index contributed by atoms with van der Waals surface area (Å²) in [5, 5.41) is 0.505. The lowest BCUT2D eigenvalue weighted by Crippen LogP contribution is -2.03. The quantitative estimate of drug-likeness (QED) is 0.853. The molecule has 2 N–H and O–H groups in total. The standard InChI is InChI=1S/C14H13ClFNO/c1-9-5-6-14(11(15)7-9)18-8-10-12(16)3-2-4-13(10)17/h2-7H,8,17H2,1H3. The van der Waals surface area contributed by atoms with E-state index in [-0.39, 0.29) is 12.4 Å². The van der Waals surface area contributed by atoms with Crippen LogP contribution in [0.2, 0.25) is 5.02 Å². The van der Waals surface area contributed by atoms with Gasteiger partial charge in [0.05, 0.1) is 5.02 Å². The summed E-state index contributed by atoms with van der Waals surface area (Å²) in [6, 6.07) is 9.99. The lowest BCUT2D eigenvalue weighted by atomic mass is 10.2. The second-order valence-corrected chi connectivity index (χ2v) is 4.44. The minimum absolute atomic E-state index is 0.0568. The largest absolute Gasteiger partial charge is 0.487 e. The van der Waals surface area contributed by atoms with Crippen molar-refractivity contribution in [2.45, 2.75) is 13.5 Å².